The van der Waals surface area contributed by atoms with Crippen LogP contribution in [-0.4, -0.2) is 28.6 Å². The van der Waals surface area contributed by atoms with E-state index in [1.165, 1.54) is 0 Å². The van der Waals surface area contributed by atoms with Gasteiger partial charge in [0.1, 0.15) is 5.71 Å². The molecule has 2 aromatic rings. The van der Waals surface area contributed by atoms with Gasteiger partial charge in [-0.15, -0.1) is 0 Å². The number of hydrogen-bond acceptors (Lipinski definition) is 4. The summed E-state index contributed by atoms with van der Waals surface area (Å²) in [6.07, 6.45) is 0.731. The van der Waals surface area contributed by atoms with Gasteiger partial charge < -0.3 is 5.32 Å². The third-order valence-electron chi connectivity index (χ3n) is 3.55. The van der Waals surface area contributed by atoms with Crippen molar-refractivity contribution in [2.45, 2.75) is 20.3 Å². The number of nitrogens with zero attached hydrogens (tertiary/aromatic N) is 2. The lowest BCUT2D eigenvalue weighted by Gasteiger charge is -2.11. The van der Waals surface area contributed by atoms with Crippen LogP contribution in [0.15, 0.2) is 52.7 Å². The third-order valence-corrected chi connectivity index (χ3v) is 4.23. The molecule has 2 rings (SSSR count). The van der Waals surface area contributed by atoms with Crippen molar-refractivity contribution in [2.75, 3.05) is 7.05 Å². The summed E-state index contributed by atoms with van der Waals surface area (Å²) in [6.45, 7) is 3.86. The van der Waals surface area contributed by atoms with Crippen molar-refractivity contribution in [1.82, 2.24) is 16.2 Å². The van der Waals surface area contributed by atoms with E-state index in [1.54, 1.807) is 7.05 Å². The maximum Gasteiger partial charge on any atom is 0.186 e. The SMILES string of the molecule is CCC(=S)NN=C(C)C(=NNC(=S)NC)c1cccc2ccccc12. The zero-order valence-corrected chi connectivity index (χ0v) is 16.1. The lowest BCUT2D eigenvalue weighted by molar-refractivity contribution is 0.974. The van der Waals surface area contributed by atoms with Gasteiger partial charge in [0.15, 0.2) is 5.11 Å². The van der Waals surface area contributed by atoms with E-state index in [9.17, 15) is 0 Å². The van der Waals surface area contributed by atoms with Gasteiger partial charge >= 0.3 is 0 Å². The van der Waals surface area contributed by atoms with Gasteiger partial charge in [-0.3, -0.25) is 10.9 Å². The van der Waals surface area contributed by atoms with Crippen molar-refractivity contribution in [2.24, 2.45) is 10.2 Å². The van der Waals surface area contributed by atoms with Crippen LogP contribution < -0.4 is 16.2 Å². The average Bonchev–Trinajstić information content (AvgIpc) is 2.65. The first kappa shape index (κ1) is 19.0. The Labute approximate surface area is 158 Å². The van der Waals surface area contributed by atoms with Crippen molar-refractivity contribution in [3.63, 3.8) is 0 Å². The van der Waals surface area contributed by atoms with Crippen molar-refractivity contribution in [3.8, 4) is 0 Å². The summed E-state index contributed by atoms with van der Waals surface area (Å²) in [5.74, 6) is 0. The molecule has 0 saturated carbocycles. The van der Waals surface area contributed by atoms with Gasteiger partial charge in [0.05, 0.1) is 10.7 Å². The van der Waals surface area contributed by atoms with Gasteiger partial charge in [-0.25, -0.2) is 0 Å². The van der Waals surface area contributed by atoms with Crippen LogP contribution in [0.4, 0.5) is 0 Å². The van der Waals surface area contributed by atoms with Gasteiger partial charge in [0.2, 0.25) is 0 Å². The molecule has 0 saturated heterocycles. The Kier molecular flexibility index (Phi) is 6.97. The molecule has 0 bridgehead atoms. The summed E-state index contributed by atoms with van der Waals surface area (Å²) in [4.78, 5) is 0.676. The van der Waals surface area contributed by atoms with Crippen molar-refractivity contribution < 1.29 is 0 Å². The predicted molar refractivity (Wildman–Crippen MR) is 114 cm³/mol. The summed E-state index contributed by atoms with van der Waals surface area (Å²) < 4.78 is 0. The molecule has 25 heavy (non-hydrogen) atoms. The Morgan fingerprint density at radius 2 is 1.72 bits per heavy atom. The number of hydrogen-bond donors (Lipinski definition) is 3. The van der Waals surface area contributed by atoms with Crippen molar-refractivity contribution in [1.29, 1.82) is 0 Å². The molecule has 7 heteroatoms. The molecule has 0 fully saturated rings. The lowest BCUT2D eigenvalue weighted by atomic mass is 9.99. The second-order valence-corrected chi connectivity index (χ2v) is 6.16. The molecule has 0 heterocycles. The molecule has 0 aliphatic heterocycles. The predicted octanol–water partition coefficient (Wildman–Crippen LogP) is 3.34. The third kappa shape index (κ3) is 5.04. The second-order valence-electron chi connectivity index (χ2n) is 5.26. The Hall–Kier alpha value is -2.38. The van der Waals surface area contributed by atoms with E-state index in [-0.39, 0.29) is 0 Å². The Bertz CT molecular complexity index is 837. The fraction of sp³-hybridized carbons (Fsp3) is 0.222. The minimum absolute atomic E-state index is 0.433. The summed E-state index contributed by atoms with van der Waals surface area (Å²) in [5.41, 5.74) is 8.11. The number of benzene rings is 2. The fourth-order valence-corrected chi connectivity index (χ4v) is 2.30. The molecule has 2 aromatic carbocycles. The number of rotatable bonds is 5. The van der Waals surface area contributed by atoms with Crippen LogP contribution in [-0.2, 0) is 0 Å². The van der Waals surface area contributed by atoms with E-state index in [1.807, 2.05) is 38.1 Å². The van der Waals surface area contributed by atoms with E-state index < -0.39 is 0 Å². The van der Waals surface area contributed by atoms with Crippen LogP contribution in [0.2, 0.25) is 0 Å². The molecule has 5 nitrogen and oxygen atoms in total. The first-order chi connectivity index (χ1) is 12.1. The largest absolute Gasteiger partial charge is 0.364 e. The fourth-order valence-electron chi connectivity index (χ4n) is 2.21. The van der Waals surface area contributed by atoms with Crippen LogP contribution in [0.1, 0.15) is 25.8 Å². The highest BCUT2D eigenvalue weighted by Crippen LogP contribution is 2.19. The maximum absolute atomic E-state index is 5.17. The maximum atomic E-state index is 5.17. The lowest BCUT2D eigenvalue weighted by Crippen LogP contribution is -2.31. The van der Waals surface area contributed by atoms with E-state index in [2.05, 4.69) is 44.6 Å². The van der Waals surface area contributed by atoms with Crippen LogP contribution in [0.3, 0.4) is 0 Å². The zero-order chi connectivity index (χ0) is 18.2. The van der Waals surface area contributed by atoms with Crippen molar-refractivity contribution in [3.05, 3.63) is 48.0 Å². The van der Waals surface area contributed by atoms with Crippen molar-refractivity contribution >= 4 is 56.7 Å². The Balaban J connectivity index is 2.50. The topological polar surface area (TPSA) is 60.8 Å². The minimum Gasteiger partial charge on any atom is -0.364 e. The van der Waals surface area contributed by atoms with Gasteiger partial charge in [-0.2, -0.15) is 10.2 Å². The molecular formula is C18H21N5S2. The molecule has 0 spiro atoms. The highest BCUT2D eigenvalue weighted by atomic mass is 32.1. The number of nitrogens with one attached hydrogen (secondary N) is 3. The average molecular weight is 372 g/mol. The summed E-state index contributed by atoms with van der Waals surface area (Å²) in [6, 6.07) is 14.2. The molecule has 0 atom stereocenters. The van der Waals surface area contributed by atoms with Gasteiger partial charge in [-0.1, -0.05) is 61.6 Å². The number of fused-ring (bicyclic) bond motifs is 1. The highest BCUT2D eigenvalue weighted by Gasteiger charge is 2.12. The minimum atomic E-state index is 0.433. The number of hydrazone groups is 2. The molecule has 0 aliphatic rings. The molecule has 0 aromatic heterocycles. The van der Waals surface area contributed by atoms with Crippen LogP contribution in [0.5, 0.6) is 0 Å². The van der Waals surface area contributed by atoms with Gasteiger partial charge in [-0.05, 0) is 36.3 Å². The Morgan fingerprint density at radius 3 is 2.44 bits per heavy atom. The van der Waals surface area contributed by atoms with Crippen LogP contribution in [0.25, 0.3) is 10.8 Å². The smallest absolute Gasteiger partial charge is 0.186 e. The number of thiocarbonyl (C=S) groups is 2. The summed E-state index contributed by atoms with van der Waals surface area (Å²) >= 11 is 10.3. The molecule has 0 radical (unpaired) electrons. The summed E-state index contributed by atoms with van der Waals surface area (Å²) in [5, 5.41) is 14.3. The molecule has 0 amide bonds. The summed E-state index contributed by atoms with van der Waals surface area (Å²) in [7, 11) is 1.74. The van der Waals surface area contributed by atoms with Gasteiger partial charge in [0.25, 0.3) is 0 Å². The standard InChI is InChI=1S/C18H21N5S2/c1-4-16(24)21-20-12(2)17(22-23-18(25)19-3)15-11-7-9-13-8-5-6-10-14(13)15/h5-11H,4H2,1-3H3,(H,21,24)(H2,19,23,25). The molecular weight excluding hydrogens is 350 g/mol. The quantitative estimate of drug-likeness (QED) is 0.427. The van der Waals surface area contributed by atoms with Gasteiger partial charge in [0, 0.05) is 12.6 Å². The van der Waals surface area contributed by atoms with Crippen LogP contribution in [0, 0.1) is 0 Å². The first-order valence-corrected chi connectivity index (χ1v) is 8.75. The van der Waals surface area contributed by atoms with E-state index in [0.29, 0.717) is 21.5 Å². The van der Waals surface area contributed by atoms with Crippen LogP contribution >= 0.6 is 24.4 Å². The highest BCUT2D eigenvalue weighted by molar-refractivity contribution is 7.80. The van der Waals surface area contributed by atoms with E-state index in [0.717, 1.165) is 22.8 Å². The Morgan fingerprint density at radius 1 is 1.00 bits per heavy atom. The zero-order valence-electron chi connectivity index (χ0n) is 14.5. The molecule has 130 valence electrons. The normalized spacial score (nSPS) is 12.0. The van der Waals surface area contributed by atoms with E-state index in [4.69, 9.17) is 24.4 Å². The monoisotopic (exact) mass is 371 g/mol. The second kappa shape index (κ2) is 9.19. The first-order valence-electron chi connectivity index (χ1n) is 7.93. The van der Waals surface area contributed by atoms with E-state index >= 15 is 0 Å². The molecule has 3 N–H and O–H groups in total. The molecule has 0 unspecified atom stereocenters. The molecule has 0 aliphatic carbocycles.